The number of alkyl halides is 3. The Morgan fingerprint density at radius 2 is 1.48 bits per heavy atom. The van der Waals surface area contributed by atoms with Crippen molar-refractivity contribution in [3.63, 3.8) is 0 Å². The zero-order chi connectivity index (χ0) is 19.4. The van der Waals surface area contributed by atoms with Crippen LogP contribution in [0.2, 0.25) is 0 Å². The molecule has 0 spiro atoms. The Kier molecular flexibility index (Phi) is 4.94. The maximum atomic E-state index is 12.6. The number of hydrogen-bond donors (Lipinski definition) is 2. The Hall–Kier alpha value is -3.60. The molecule has 0 bridgehead atoms. The summed E-state index contributed by atoms with van der Waals surface area (Å²) in [5.41, 5.74) is 1.69. The van der Waals surface area contributed by atoms with Gasteiger partial charge in [-0.2, -0.15) is 23.4 Å². The molecule has 0 atom stereocenters. The Balaban J connectivity index is 1.77. The van der Waals surface area contributed by atoms with Gasteiger partial charge < -0.3 is 10.6 Å². The predicted octanol–water partition coefficient (Wildman–Crippen LogP) is 5.16. The monoisotopic (exact) mass is 369 g/mol. The topological polar surface area (TPSA) is 73.6 Å². The molecule has 136 valence electrons. The highest BCUT2D eigenvalue weighted by Gasteiger charge is 2.29. The predicted molar refractivity (Wildman–Crippen MR) is 95.9 cm³/mol. The summed E-state index contributed by atoms with van der Waals surface area (Å²) in [7, 11) is 0. The van der Waals surface area contributed by atoms with Crippen LogP contribution in [0.5, 0.6) is 0 Å². The lowest BCUT2D eigenvalue weighted by Crippen LogP contribution is -2.05. The number of aryl methyl sites for hydroxylation is 1. The Morgan fingerprint density at radius 1 is 0.889 bits per heavy atom. The van der Waals surface area contributed by atoms with E-state index in [-0.39, 0.29) is 0 Å². The fourth-order valence-corrected chi connectivity index (χ4v) is 2.34. The third kappa shape index (κ3) is 4.73. The number of halogens is 3. The molecule has 1 heterocycles. The highest BCUT2D eigenvalue weighted by Crippen LogP contribution is 2.30. The summed E-state index contributed by atoms with van der Waals surface area (Å²) in [6.45, 7) is 1.78. The number of benzene rings is 2. The van der Waals surface area contributed by atoms with Gasteiger partial charge in [-0.25, -0.2) is 4.98 Å². The third-order valence-electron chi connectivity index (χ3n) is 3.61. The molecule has 0 unspecified atom stereocenters. The second-order valence-corrected chi connectivity index (χ2v) is 5.73. The molecule has 0 saturated carbocycles. The molecule has 0 aliphatic carbocycles. The second-order valence-electron chi connectivity index (χ2n) is 5.73. The van der Waals surface area contributed by atoms with Gasteiger partial charge in [0.1, 0.15) is 5.82 Å². The van der Waals surface area contributed by atoms with E-state index in [1.807, 2.05) is 6.07 Å². The average molecular weight is 369 g/mol. The van der Waals surface area contributed by atoms with Gasteiger partial charge in [-0.15, -0.1) is 0 Å². The summed E-state index contributed by atoms with van der Waals surface area (Å²) in [5, 5.41) is 14.8. The van der Waals surface area contributed by atoms with Gasteiger partial charge in [-0.05, 0) is 55.5 Å². The fraction of sp³-hybridized carbons (Fsp3) is 0.105. The SMILES string of the molecule is Cc1cc(Nc2ccc(C(F)(F)F)cc2)nc(Nc2ccc(C#N)cc2)n1. The zero-order valence-corrected chi connectivity index (χ0v) is 14.2. The normalized spacial score (nSPS) is 10.9. The van der Waals surface area contributed by atoms with Crippen molar-refractivity contribution in [3.8, 4) is 6.07 Å². The minimum absolute atomic E-state index is 0.328. The molecule has 0 amide bonds. The van der Waals surface area contributed by atoms with Crippen molar-refractivity contribution >= 4 is 23.1 Å². The van der Waals surface area contributed by atoms with E-state index >= 15 is 0 Å². The van der Waals surface area contributed by atoms with Crippen molar-refractivity contribution in [2.75, 3.05) is 10.6 Å². The van der Waals surface area contributed by atoms with Crippen LogP contribution >= 0.6 is 0 Å². The molecule has 8 heteroatoms. The van der Waals surface area contributed by atoms with Crippen LogP contribution in [-0.4, -0.2) is 9.97 Å². The molecule has 3 rings (SSSR count). The van der Waals surface area contributed by atoms with Gasteiger partial charge in [0.05, 0.1) is 17.2 Å². The van der Waals surface area contributed by atoms with Crippen molar-refractivity contribution in [2.45, 2.75) is 13.1 Å². The molecule has 0 aliphatic rings. The van der Waals surface area contributed by atoms with Crippen molar-refractivity contribution < 1.29 is 13.2 Å². The van der Waals surface area contributed by atoms with Crippen LogP contribution in [0.3, 0.4) is 0 Å². The van der Waals surface area contributed by atoms with Gasteiger partial charge in [0.15, 0.2) is 0 Å². The van der Waals surface area contributed by atoms with Crippen molar-refractivity contribution in [3.05, 3.63) is 71.4 Å². The molecule has 2 N–H and O–H groups in total. The van der Waals surface area contributed by atoms with Gasteiger partial charge >= 0.3 is 6.18 Å². The number of hydrogen-bond acceptors (Lipinski definition) is 5. The van der Waals surface area contributed by atoms with Crippen molar-refractivity contribution in [1.29, 1.82) is 5.26 Å². The Labute approximate surface area is 153 Å². The summed E-state index contributed by atoms with van der Waals surface area (Å²) in [4.78, 5) is 8.60. The molecule has 27 heavy (non-hydrogen) atoms. The standard InChI is InChI=1S/C19H14F3N5/c1-12-10-17(25-15-8-4-14(5-9-15)19(20,21)22)27-18(24-12)26-16-6-2-13(11-23)3-7-16/h2-10H,1H3,(H2,24,25,26,27). The molecule has 0 saturated heterocycles. The largest absolute Gasteiger partial charge is 0.416 e. The molecule has 0 fully saturated rings. The van der Waals surface area contributed by atoms with Crippen LogP contribution in [0.4, 0.5) is 36.3 Å². The number of nitriles is 1. The number of aromatic nitrogens is 2. The summed E-state index contributed by atoms with van der Waals surface area (Å²) in [6.07, 6.45) is -4.37. The highest BCUT2D eigenvalue weighted by molar-refractivity contribution is 5.61. The zero-order valence-electron chi connectivity index (χ0n) is 14.2. The van der Waals surface area contributed by atoms with E-state index in [0.717, 1.165) is 12.1 Å². The summed E-state index contributed by atoms with van der Waals surface area (Å²) >= 11 is 0. The number of rotatable bonds is 4. The maximum absolute atomic E-state index is 12.6. The quantitative estimate of drug-likeness (QED) is 0.664. The number of nitrogens with one attached hydrogen (secondary N) is 2. The lowest BCUT2D eigenvalue weighted by Gasteiger charge is -2.11. The minimum atomic E-state index is -4.37. The minimum Gasteiger partial charge on any atom is -0.340 e. The van der Waals surface area contributed by atoms with E-state index < -0.39 is 11.7 Å². The summed E-state index contributed by atoms with van der Waals surface area (Å²) in [5.74, 6) is 0.771. The average Bonchev–Trinajstić information content (AvgIpc) is 2.61. The Morgan fingerprint density at radius 3 is 2.07 bits per heavy atom. The van der Waals surface area contributed by atoms with Gasteiger partial charge in [-0.3, -0.25) is 0 Å². The van der Waals surface area contributed by atoms with Crippen molar-refractivity contribution in [2.24, 2.45) is 0 Å². The number of nitrogens with zero attached hydrogens (tertiary/aromatic N) is 3. The van der Waals surface area contributed by atoms with E-state index in [1.165, 1.54) is 12.1 Å². The van der Waals surface area contributed by atoms with Crippen LogP contribution in [0, 0.1) is 18.3 Å². The third-order valence-corrected chi connectivity index (χ3v) is 3.61. The van der Waals surface area contributed by atoms with E-state index in [9.17, 15) is 13.2 Å². The molecular weight excluding hydrogens is 355 g/mol. The number of anilines is 4. The van der Waals surface area contributed by atoms with Crippen LogP contribution in [-0.2, 0) is 6.18 Å². The lowest BCUT2D eigenvalue weighted by atomic mass is 10.2. The second kappa shape index (κ2) is 7.33. The lowest BCUT2D eigenvalue weighted by molar-refractivity contribution is -0.137. The first-order valence-corrected chi connectivity index (χ1v) is 7.91. The highest BCUT2D eigenvalue weighted by atomic mass is 19.4. The van der Waals surface area contributed by atoms with E-state index in [4.69, 9.17) is 5.26 Å². The molecular formula is C19H14F3N5. The van der Waals surface area contributed by atoms with E-state index in [1.54, 1.807) is 37.3 Å². The maximum Gasteiger partial charge on any atom is 0.416 e. The van der Waals surface area contributed by atoms with E-state index in [2.05, 4.69) is 20.6 Å². The van der Waals surface area contributed by atoms with Crippen LogP contribution in [0.1, 0.15) is 16.8 Å². The first kappa shape index (κ1) is 18.2. The van der Waals surface area contributed by atoms with Gasteiger partial charge in [0.2, 0.25) is 5.95 Å². The first-order valence-electron chi connectivity index (χ1n) is 7.91. The molecule has 1 aromatic heterocycles. The Bertz CT molecular complexity index is 974. The molecule has 0 radical (unpaired) electrons. The summed E-state index contributed by atoms with van der Waals surface area (Å²) in [6, 6.07) is 15.2. The smallest absolute Gasteiger partial charge is 0.340 e. The molecule has 2 aromatic carbocycles. The molecule has 3 aromatic rings. The van der Waals surface area contributed by atoms with E-state index in [0.29, 0.717) is 34.4 Å². The molecule has 5 nitrogen and oxygen atoms in total. The first-order chi connectivity index (χ1) is 12.8. The van der Waals surface area contributed by atoms with Gasteiger partial charge in [0, 0.05) is 23.1 Å². The molecule has 0 aliphatic heterocycles. The van der Waals surface area contributed by atoms with Crippen LogP contribution in [0.15, 0.2) is 54.6 Å². The van der Waals surface area contributed by atoms with Crippen LogP contribution < -0.4 is 10.6 Å². The van der Waals surface area contributed by atoms with Gasteiger partial charge in [-0.1, -0.05) is 0 Å². The van der Waals surface area contributed by atoms with Crippen LogP contribution in [0.25, 0.3) is 0 Å². The summed E-state index contributed by atoms with van der Waals surface area (Å²) < 4.78 is 37.9. The fourth-order valence-electron chi connectivity index (χ4n) is 2.34. The van der Waals surface area contributed by atoms with Gasteiger partial charge in [0.25, 0.3) is 0 Å². The van der Waals surface area contributed by atoms with Crippen molar-refractivity contribution in [1.82, 2.24) is 9.97 Å².